The third-order valence-electron chi connectivity index (χ3n) is 4.38. The molecule has 1 aliphatic rings. The van der Waals surface area contributed by atoms with Gasteiger partial charge in [0.1, 0.15) is 5.54 Å². The number of carboxylic acid groups (broad SMARTS) is 1. The second kappa shape index (κ2) is 6.37. The molecule has 1 aliphatic heterocycles. The highest BCUT2D eigenvalue weighted by Gasteiger charge is 2.38. The third-order valence-corrected chi connectivity index (χ3v) is 4.38. The molecule has 1 saturated heterocycles. The Morgan fingerprint density at radius 1 is 1.35 bits per heavy atom. The van der Waals surface area contributed by atoms with Crippen LogP contribution in [0.25, 0.3) is 0 Å². The van der Waals surface area contributed by atoms with Crippen LogP contribution in [0, 0.1) is 5.92 Å². The van der Waals surface area contributed by atoms with Gasteiger partial charge in [-0.05, 0) is 50.8 Å². The quantitative estimate of drug-likeness (QED) is 0.883. The molecule has 4 heteroatoms. The number of hydrogen-bond acceptors (Lipinski definition) is 3. The van der Waals surface area contributed by atoms with Crippen LogP contribution in [-0.2, 0) is 11.3 Å². The largest absolute Gasteiger partial charge is 0.480 e. The highest BCUT2D eigenvalue weighted by Crippen LogP contribution is 2.27. The van der Waals surface area contributed by atoms with Gasteiger partial charge in [0.25, 0.3) is 0 Å². The van der Waals surface area contributed by atoms with E-state index in [0.29, 0.717) is 0 Å². The van der Waals surface area contributed by atoms with Crippen molar-refractivity contribution >= 4 is 5.97 Å². The number of aliphatic carboxylic acids is 1. The van der Waals surface area contributed by atoms with Gasteiger partial charge in [-0.2, -0.15) is 0 Å². The first-order valence-corrected chi connectivity index (χ1v) is 7.28. The van der Waals surface area contributed by atoms with Crippen molar-refractivity contribution in [3.8, 4) is 0 Å². The van der Waals surface area contributed by atoms with E-state index in [2.05, 4.69) is 29.2 Å². The van der Waals surface area contributed by atoms with Crippen LogP contribution in [0.1, 0.15) is 31.7 Å². The van der Waals surface area contributed by atoms with Crippen LogP contribution in [0.15, 0.2) is 30.3 Å². The molecule has 1 fully saturated rings. The zero-order chi connectivity index (χ0) is 14.6. The second-order valence-electron chi connectivity index (χ2n) is 5.98. The Morgan fingerprint density at radius 3 is 2.70 bits per heavy atom. The van der Waals surface area contributed by atoms with Crippen molar-refractivity contribution in [1.29, 1.82) is 0 Å². The van der Waals surface area contributed by atoms with Crippen LogP contribution in [-0.4, -0.2) is 34.6 Å². The molecule has 1 aromatic carbocycles. The minimum Gasteiger partial charge on any atom is -0.480 e. The molecule has 2 atom stereocenters. The molecule has 0 bridgehead atoms. The summed E-state index contributed by atoms with van der Waals surface area (Å²) in [5, 5.41) is 9.25. The van der Waals surface area contributed by atoms with E-state index < -0.39 is 11.5 Å². The zero-order valence-corrected chi connectivity index (χ0v) is 12.1. The first-order valence-electron chi connectivity index (χ1n) is 7.28. The molecular formula is C16H24N2O2. The first-order chi connectivity index (χ1) is 9.50. The highest BCUT2D eigenvalue weighted by atomic mass is 16.4. The zero-order valence-electron chi connectivity index (χ0n) is 12.1. The fraction of sp³-hybridized carbons (Fsp3) is 0.562. The van der Waals surface area contributed by atoms with Gasteiger partial charge < -0.3 is 10.8 Å². The van der Waals surface area contributed by atoms with Crippen LogP contribution < -0.4 is 5.73 Å². The minimum absolute atomic E-state index is 0.0563. The molecule has 0 saturated carbocycles. The normalized spacial score (nSPS) is 23.8. The highest BCUT2D eigenvalue weighted by molar-refractivity contribution is 5.78. The predicted molar refractivity (Wildman–Crippen MR) is 79.3 cm³/mol. The topological polar surface area (TPSA) is 66.6 Å². The average Bonchev–Trinajstić information content (AvgIpc) is 2.66. The van der Waals surface area contributed by atoms with Crippen LogP contribution in [0.2, 0.25) is 0 Å². The Kier molecular flexibility index (Phi) is 4.78. The van der Waals surface area contributed by atoms with Crippen LogP contribution in [0.5, 0.6) is 0 Å². The number of benzene rings is 1. The number of carboxylic acids is 1. The van der Waals surface area contributed by atoms with Crippen LogP contribution >= 0.6 is 0 Å². The van der Waals surface area contributed by atoms with Gasteiger partial charge >= 0.3 is 5.97 Å². The summed E-state index contributed by atoms with van der Waals surface area (Å²) in [5.41, 5.74) is 6.18. The molecule has 0 aromatic heterocycles. The predicted octanol–water partition coefficient (Wildman–Crippen LogP) is 2.09. The van der Waals surface area contributed by atoms with E-state index in [1.165, 1.54) is 5.56 Å². The molecule has 20 heavy (non-hydrogen) atoms. The SMILES string of the molecule is CC(N)(C(=O)O)C1CCCN(Cc2ccccc2)CC1. The van der Waals surface area contributed by atoms with Crippen LogP contribution in [0.3, 0.4) is 0 Å². The van der Waals surface area contributed by atoms with Crippen molar-refractivity contribution in [2.45, 2.75) is 38.3 Å². The lowest BCUT2D eigenvalue weighted by Crippen LogP contribution is -2.51. The monoisotopic (exact) mass is 276 g/mol. The van der Waals surface area contributed by atoms with Crippen molar-refractivity contribution in [3.63, 3.8) is 0 Å². The van der Waals surface area contributed by atoms with E-state index in [0.717, 1.165) is 38.9 Å². The van der Waals surface area contributed by atoms with E-state index in [9.17, 15) is 9.90 Å². The fourth-order valence-electron chi connectivity index (χ4n) is 2.93. The van der Waals surface area contributed by atoms with E-state index in [1.54, 1.807) is 6.92 Å². The third kappa shape index (κ3) is 3.58. The van der Waals surface area contributed by atoms with Crippen molar-refractivity contribution in [1.82, 2.24) is 4.90 Å². The van der Waals surface area contributed by atoms with Gasteiger partial charge in [-0.25, -0.2) is 0 Å². The number of nitrogens with two attached hydrogens (primary N) is 1. The summed E-state index contributed by atoms with van der Waals surface area (Å²) in [6.07, 6.45) is 2.76. The summed E-state index contributed by atoms with van der Waals surface area (Å²) in [6.45, 7) is 4.51. The first kappa shape index (κ1) is 15.0. The summed E-state index contributed by atoms with van der Waals surface area (Å²) < 4.78 is 0. The number of rotatable bonds is 4. The lowest BCUT2D eigenvalue weighted by atomic mass is 9.81. The average molecular weight is 276 g/mol. The van der Waals surface area contributed by atoms with Gasteiger partial charge in [-0.15, -0.1) is 0 Å². The smallest absolute Gasteiger partial charge is 0.323 e. The molecule has 110 valence electrons. The van der Waals surface area contributed by atoms with Gasteiger partial charge in [-0.1, -0.05) is 30.3 Å². The molecule has 2 rings (SSSR count). The molecule has 1 aromatic rings. The Balaban J connectivity index is 1.94. The fourth-order valence-corrected chi connectivity index (χ4v) is 2.93. The van der Waals surface area contributed by atoms with Gasteiger partial charge in [-0.3, -0.25) is 9.69 Å². The number of nitrogens with zero attached hydrogens (tertiary/aromatic N) is 1. The van der Waals surface area contributed by atoms with Gasteiger partial charge in [0, 0.05) is 6.54 Å². The maximum Gasteiger partial charge on any atom is 0.323 e. The number of carbonyl (C=O) groups is 1. The van der Waals surface area contributed by atoms with Crippen molar-refractivity contribution in [3.05, 3.63) is 35.9 Å². The lowest BCUT2D eigenvalue weighted by molar-refractivity contribution is -0.145. The van der Waals surface area contributed by atoms with Gasteiger partial charge in [0.05, 0.1) is 0 Å². The maximum atomic E-state index is 11.3. The van der Waals surface area contributed by atoms with Crippen molar-refractivity contribution in [2.24, 2.45) is 11.7 Å². The van der Waals surface area contributed by atoms with E-state index in [1.807, 2.05) is 6.07 Å². The summed E-state index contributed by atoms with van der Waals surface area (Å²) in [6, 6.07) is 10.4. The maximum absolute atomic E-state index is 11.3. The Bertz CT molecular complexity index is 445. The van der Waals surface area contributed by atoms with Crippen molar-refractivity contribution < 1.29 is 9.90 Å². The summed E-state index contributed by atoms with van der Waals surface area (Å²) in [7, 11) is 0. The summed E-state index contributed by atoms with van der Waals surface area (Å²) >= 11 is 0. The van der Waals surface area contributed by atoms with E-state index >= 15 is 0 Å². The molecule has 1 heterocycles. The number of hydrogen-bond donors (Lipinski definition) is 2. The molecule has 4 nitrogen and oxygen atoms in total. The minimum atomic E-state index is -1.11. The standard InChI is InChI=1S/C16H24N2O2/c1-16(17,15(19)20)14-8-5-10-18(11-9-14)12-13-6-3-2-4-7-13/h2-4,6-7,14H,5,8-12,17H2,1H3,(H,19,20). The number of likely N-dealkylation sites (tertiary alicyclic amines) is 1. The van der Waals surface area contributed by atoms with E-state index in [4.69, 9.17) is 5.73 Å². The molecule has 0 aliphatic carbocycles. The van der Waals surface area contributed by atoms with Crippen molar-refractivity contribution in [2.75, 3.05) is 13.1 Å². The van der Waals surface area contributed by atoms with Gasteiger partial charge in [0.2, 0.25) is 0 Å². The Hall–Kier alpha value is -1.39. The second-order valence-corrected chi connectivity index (χ2v) is 5.98. The Morgan fingerprint density at radius 2 is 2.05 bits per heavy atom. The molecule has 0 spiro atoms. The molecule has 0 radical (unpaired) electrons. The summed E-state index contributed by atoms with van der Waals surface area (Å²) in [5.74, 6) is -0.834. The molecular weight excluding hydrogens is 252 g/mol. The molecule has 3 N–H and O–H groups in total. The van der Waals surface area contributed by atoms with Gasteiger partial charge in [0.15, 0.2) is 0 Å². The molecule has 2 unspecified atom stereocenters. The Labute approximate surface area is 120 Å². The summed E-state index contributed by atoms with van der Waals surface area (Å²) in [4.78, 5) is 13.7. The molecule has 0 amide bonds. The lowest BCUT2D eigenvalue weighted by Gasteiger charge is -2.29. The van der Waals surface area contributed by atoms with E-state index in [-0.39, 0.29) is 5.92 Å². The van der Waals surface area contributed by atoms with Crippen LogP contribution in [0.4, 0.5) is 0 Å².